The van der Waals surface area contributed by atoms with Crippen LogP contribution in [0.4, 0.5) is 26.3 Å². The van der Waals surface area contributed by atoms with E-state index in [4.69, 9.17) is 0 Å². The van der Waals surface area contributed by atoms with E-state index in [1.165, 1.54) is 12.2 Å². The number of allylic oxidation sites excluding steroid dienone is 1. The molecule has 0 saturated heterocycles. The van der Waals surface area contributed by atoms with Gasteiger partial charge in [-0.15, -0.1) is 0 Å². The van der Waals surface area contributed by atoms with Crippen LogP contribution in [0.1, 0.15) is 16.7 Å². The van der Waals surface area contributed by atoms with Gasteiger partial charge in [0.25, 0.3) is 0 Å². The fourth-order valence-electron chi connectivity index (χ4n) is 1.26. The second kappa shape index (κ2) is 5.34. The van der Waals surface area contributed by atoms with Crippen LogP contribution in [0.25, 0.3) is 6.08 Å². The Bertz CT molecular complexity index is 412. The summed E-state index contributed by atoms with van der Waals surface area (Å²) in [6.45, 7) is 0. The predicted octanol–water partition coefficient (Wildman–Crippen LogP) is 5.13. The van der Waals surface area contributed by atoms with Crippen LogP contribution in [0.2, 0.25) is 0 Å². The maximum Gasteiger partial charge on any atom is 0.416 e. The third kappa shape index (κ3) is 4.04. The maximum absolute atomic E-state index is 12.5. The van der Waals surface area contributed by atoms with E-state index in [0.717, 1.165) is 0 Å². The molecule has 18 heavy (non-hydrogen) atoms. The van der Waals surface area contributed by atoms with Crippen molar-refractivity contribution >= 4 is 22.0 Å². The van der Waals surface area contributed by atoms with Gasteiger partial charge in [-0.2, -0.15) is 26.3 Å². The molecule has 0 radical (unpaired) electrons. The molecule has 0 spiro atoms. The third-order valence-corrected chi connectivity index (χ3v) is 2.38. The van der Waals surface area contributed by atoms with Crippen LogP contribution in [0.5, 0.6) is 0 Å². The van der Waals surface area contributed by atoms with Crippen molar-refractivity contribution < 1.29 is 26.3 Å². The smallest absolute Gasteiger partial charge is 0.166 e. The van der Waals surface area contributed by atoms with Gasteiger partial charge in [0.05, 0.1) is 11.1 Å². The first-order valence-corrected chi connectivity index (χ1v) is 5.78. The molecule has 0 aliphatic carbocycles. The fraction of sp³-hybridized carbons (Fsp3) is 0.273. The van der Waals surface area contributed by atoms with Crippen molar-refractivity contribution in [3.8, 4) is 0 Å². The molecule has 0 fully saturated rings. The fourth-order valence-corrected chi connectivity index (χ4v) is 1.44. The summed E-state index contributed by atoms with van der Waals surface area (Å²) in [6, 6.07) is 1.45. The van der Waals surface area contributed by atoms with Gasteiger partial charge in [0, 0.05) is 5.33 Å². The summed E-state index contributed by atoms with van der Waals surface area (Å²) >= 11 is 2.99. The Kier molecular flexibility index (Phi) is 4.47. The maximum atomic E-state index is 12.5. The molecule has 0 bridgehead atoms. The Morgan fingerprint density at radius 2 is 1.33 bits per heavy atom. The highest BCUT2D eigenvalue weighted by Crippen LogP contribution is 2.36. The summed E-state index contributed by atoms with van der Waals surface area (Å²) in [5.41, 5.74) is -2.77. The second-order valence-corrected chi connectivity index (χ2v) is 4.04. The molecular weight excluding hydrogens is 326 g/mol. The normalized spacial score (nSPS) is 13.3. The molecule has 100 valence electrons. The molecular formula is C11H7BrF6. The molecule has 0 aliphatic rings. The van der Waals surface area contributed by atoms with Gasteiger partial charge in [-0.3, -0.25) is 0 Å². The molecule has 0 atom stereocenters. The largest absolute Gasteiger partial charge is 0.416 e. The van der Waals surface area contributed by atoms with Crippen LogP contribution in [0.3, 0.4) is 0 Å². The Morgan fingerprint density at radius 1 is 0.889 bits per heavy atom. The van der Waals surface area contributed by atoms with E-state index in [2.05, 4.69) is 15.9 Å². The van der Waals surface area contributed by atoms with Crippen molar-refractivity contribution in [3.63, 3.8) is 0 Å². The first kappa shape index (κ1) is 15.1. The summed E-state index contributed by atoms with van der Waals surface area (Å²) < 4.78 is 74.7. The molecule has 1 aromatic carbocycles. The predicted molar refractivity (Wildman–Crippen MR) is 59.3 cm³/mol. The van der Waals surface area contributed by atoms with E-state index in [1.54, 1.807) is 0 Å². The topological polar surface area (TPSA) is 0 Å². The minimum Gasteiger partial charge on any atom is -0.166 e. The molecule has 0 nitrogen and oxygen atoms in total. The number of rotatable bonds is 2. The first-order chi connectivity index (χ1) is 8.14. The minimum atomic E-state index is -4.81. The monoisotopic (exact) mass is 332 g/mol. The lowest BCUT2D eigenvalue weighted by atomic mass is 10.0. The molecule has 0 unspecified atom stereocenters. The van der Waals surface area contributed by atoms with Crippen molar-refractivity contribution in [2.75, 3.05) is 5.33 Å². The molecule has 0 N–H and O–H groups in total. The van der Waals surface area contributed by atoms with Gasteiger partial charge in [0.2, 0.25) is 0 Å². The average molecular weight is 333 g/mol. The van der Waals surface area contributed by atoms with Gasteiger partial charge >= 0.3 is 12.4 Å². The third-order valence-electron chi connectivity index (χ3n) is 2.01. The van der Waals surface area contributed by atoms with Gasteiger partial charge < -0.3 is 0 Å². The highest BCUT2D eigenvalue weighted by molar-refractivity contribution is 9.09. The number of benzene rings is 1. The zero-order valence-electron chi connectivity index (χ0n) is 8.74. The van der Waals surface area contributed by atoms with Crippen LogP contribution in [0.15, 0.2) is 24.3 Å². The molecule has 1 aromatic rings. The van der Waals surface area contributed by atoms with Crippen molar-refractivity contribution in [1.29, 1.82) is 0 Å². The standard InChI is InChI=1S/C11H7BrF6/c12-3-1-2-7-4-8(10(13,14)15)6-9(5-7)11(16,17)18/h1-2,4-6H,3H2/b2-1+. The molecule has 7 heteroatoms. The van der Waals surface area contributed by atoms with Gasteiger partial charge in [0.15, 0.2) is 0 Å². The number of hydrogen-bond donors (Lipinski definition) is 0. The Morgan fingerprint density at radius 3 is 1.67 bits per heavy atom. The van der Waals surface area contributed by atoms with Crippen LogP contribution in [0, 0.1) is 0 Å². The number of hydrogen-bond acceptors (Lipinski definition) is 0. The molecule has 0 saturated carbocycles. The van der Waals surface area contributed by atoms with Gasteiger partial charge in [-0.1, -0.05) is 28.1 Å². The zero-order chi connectivity index (χ0) is 14.0. The highest BCUT2D eigenvalue weighted by atomic mass is 79.9. The first-order valence-electron chi connectivity index (χ1n) is 4.66. The lowest BCUT2D eigenvalue weighted by Gasteiger charge is -2.12. The van der Waals surface area contributed by atoms with E-state index in [9.17, 15) is 26.3 Å². The summed E-state index contributed by atoms with van der Waals surface area (Å²) in [5.74, 6) is 0. The Balaban J connectivity index is 3.34. The molecule has 0 aromatic heterocycles. The Labute approximate surface area is 107 Å². The summed E-state index contributed by atoms with van der Waals surface area (Å²) in [7, 11) is 0. The molecule has 1 rings (SSSR count). The van der Waals surface area contributed by atoms with E-state index in [-0.39, 0.29) is 11.6 Å². The zero-order valence-corrected chi connectivity index (χ0v) is 10.3. The van der Waals surface area contributed by atoms with E-state index in [1.807, 2.05) is 0 Å². The number of halogens is 7. The highest BCUT2D eigenvalue weighted by Gasteiger charge is 2.36. The van der Waals surface area contributed by atoms with Crippen molar-refractivity contribution in [2.45, 2.75) is 12.4 Å². The quantitative estimate of drug-likeness (QED) is 0.520. The van der Waals surface area contributed by atoms with Crippen molar-refractivity contribution in [1.82, 2.24) is 0 Å². The van der Waals surface area contributed by atoms with E-state index in [0.29, 0.717) is 17.5 Å². The van der Waals surface area contributed by atoms with Gasteiger partial charge in [-0.25, -0.2) is 0 Å². The lowest BCUT2D eigenvalue weighted by molar-refractivity contribution is -0.143. The van der Waals surface area contributed by atoms with Crippen LogP contribution < -0.4 is 0 Å². The second-order valence-electron chi connectivity index (χ2n) is 3.40. The van der Waals surface area contributed by atoms with E-state index >= 15 is 0 Å². The molecule has 0 aliphatic heterocycles. The summed E-state index contributed by atoms with van der Waals surface area (Å²) in [5, 5.41) is 0.338. The molecule has 0 heterocycles. The average Bonchev–Trinajstić information content (AvgIpc) is 2.23. The Hall–Kier alpha value is -0.980. The van der Waals surface area contributed by atoms with Crippen LogP contribution in [-0.2, 0) is 12.4 Å². The SMILES string of the molecule is FC(F)(F)c1cc(/C=C/CBr)cc(C(F)(F)F)c1. The van der Waals surface area contributed by atoms with Crippen molar-refractivity contribution in [2.24, 2.45) is 0 Å². The van der Waals surface area contributed by atoms with Gasteiger partial charge in [-0.05, 0) is 23.8 Å². The summed E-state index contributed by atoms with van der Waals surface area (Å²) in [6.07, 6.45) is -7.01. The van der Waals surface area contributed by atoms with Crippen molar-refractivity contribution in [3.05, 3.63) is 41.0 Å². The number of alkyl halides is 7. The van der Waals surface area contributed by atoms with Crippen LogP contribution in [-0.4, -0.2) is 5.33 Å². The minimum absolute atomic E-state index is 0.103. The molecule has 0 amide bonds. The van der Waals surface area contributed by atoms with E-state index < -0.39 is 23.5 Å². The van der Waals surface area contributed by atoms with Crippen LogP contribution >= 0.6 is 15.9 Å². The van der Waals surface area contributed by atoms with Gasteiger partial charge in [0.1, 0.15) is 0 Å². The summed E-state index contributed by atoms with van der Waals surface area (Å²) in [4.78, 5) is 0. The lowest BCUT2D eigenvalue weighted by Crippen LogP contribution is -2.11.